The minimum atomic E-state index is -1.45. The molecule has 2 atom stereocenters. The first-order valence-corrected chi connectivity index (χ1v) is 7.39. The van der Waals surface area contributed by atoms with Crippen molar-refractivity contribution in [3.8, 4) is 0 Å². The SMILES string of the molecule is CC(C)(C)[S@@](=O)NC(CF)c1cccc(Br)c1F. The van der Waals surface area contributed by atoms with Gasteiger partial charge in [-0.2, -0.15) is 0 Å². The Labute approximate surface area is 117 Å². The van der Waals surface area contributed by atoms with Crippen LogP contribution in [0, 0.1) is 5.82 Å². The van der Waals surface area contributed by atoms with E-state index in [0.717, 1.165) is 0 Å². The lowest BCUT2D eigenvalue weighted by atomic mass is 10.1. The molecular weight excluding hydrogens is 324 g/mol. The molecule has 0 heterocycles. The topological polar surface area (TPSA) is 29.1 Å². The highest BCUT2D eigenvalue weighted by molar-refractivity contribution is 9.10. The van der Waals surface area contributed by atoms with Gasteiger partial charge in [-0.1, -0.05) is 12.1 Å². The summed E-state index contributed by atoms with van der Waals surface area (Å²) in [4.78, 5) is 0. The number of hydrogen-bond acceptors (Lipinski definition) is 1. The lowest BCUT2D eigenvalue weighted by Crippen LogP contribution is -2.36. The van der Waals surface area contributed by atoms with Crippen molar-refractivity contribution in [2.75, 3.05) is 6.67 Å². The highest BCUT2D eigenvalue weighted by Gasteiger charge is 2.25. The van der Waals surface area contributed by atoms with E-state index in [9.17, 15) is 13.0 Å². The molecule has 1 aromatic rings. The highest BCUT2D eigenvalue weighted by atomic mass is 79.9. The molecule has 0 bridgehead atoms. The Morgan fingerprint density at radius 1 is 1.44 bits per heavy atom. The van der Waals surface area contributed by atoms with Crippen LogP contribution < -0.4 is 4.72 Å². The summed E-state index contributed by atoms with van der Waals surface area (Å²) in [7, 11) is -1.45. The van der Waals surface area contributed by atoms with Gasteiger partial charge in [0.15, 0.2) is 0 Å². The average molecular weight is 340 g/mol. The molecule has 0 saturated heterocycles. The van der Waals surface area contributed by atoms with Gasteiger partial charge in [0.2, 0.25) is 0 Å². The van der Waals surface area contributed by atoms with Crippen LogP contribution in [0.4, 0.5) is 8.78 Å². The molecule has 0 spiro atoms. The van der Waals surface area contributed by atoms with E-state index in [-0.39, 0.29) is 10.0 Å². The predicted molar refractivity (Wildman–Crippen MR) is 73.8 cm³/mol. The fraction of sp³-hybridized carbons (Fsp3) is 0.500. The predicted octanol–water partition coefficient (Wildman–Crippen LogP) is 3.65. The Hall–Kier alpha value is -0.330. The maximum Gasteiger partial charge on any atom is 0.142 e. The van der Waals surface area contributed by atoms with Gasteiger partial charge in [-0.25, -0.2) is 17.7 Å². The molecule has 18 heavy (non-hydrogen) atoms. The molecule has 6 heteroatoms. The van der Waals surface area contributed by atoms with Crippen molar-refractivity contribution < 1.29 is 13.0 Å². The van der Waals surface area contributed by atoms with Crippen molar-refractivity contribution in [2.45, 2.75) is 31.6 Å². The van der Waals surface area contributed by atoms with E-state index in [1.165, 1.54) is 12.1 Å². The zero-order chi connectivity index (χ0) is 13.9. The molecule has 0 aliphatic rings. The zero-order valence-electron chi connectivity index (χ0n) is 10.5. The standard InChI is InChI=1S/C12H16BrF2NOS/c1-12(2,3)18(17)16-10(7-14)8-5-4-6-9(13)11(8)15/h4-6,10,16H,7H2,1-3H3/t10?,18-/m1/s1. The molecule has 0 aliphatic heterocycles. The molecule has 102 valence electrons. The van der Waals surface area contributed by atoms with E-state index in [1.54, 1.807) is 26.8 Å². The number of hydrogen-bond donors (Lipinski definition) is 1. The van der Waals surface area contributed by atoms with Crippen LogP contribution in [0.2, 0.25) is 0 Å². The summed E-state index contributed by atoms with van der Waals surface area (Å²) < 4.78 is 41.1. The summed E-state index contributed by atoms with van der Waals surface area (Å²) in [6.07, 6.45) is 0. The first-order chi connectivity index (χ1) is 8.27. The summed E-state index contributed by atoms with van der Waals surface area (Å²) in [6, 6.07) is 3.72. The molecular formula is C12H16BrF2NOS. The van der Waals surface area contributed by atoms with Crippen molar-refractivity contribution in [3.63, 3.8) is 0 Å². The molecule has 0 radical (unpaired) electrons. The van der Waals surface area contributed by atoms with Gasteiger partial charge in [0, 0.05) is 5.56 Å². The first-order valence-electron chi connectivity index (χ1n) is 5.45. The molecule has 0 aromatic heterocycles. The molecule has 1 aromatic carbocycles. The highest BCUT2D eigenvalue weighted by Crippen LogP contribution is 2.25. The fourth-order valence-corrected chi connectivity index (χ4v) is 2.46. The van der Waals surface area contributed by atoms with Crippen LogP contribution in [-0.4, -0.2) is 15.6 Å². The summed E-state index contributed by atoms with van der Waals surface area (Å²) in [5.41, 5.74) is 0.171. The molecule has 0 saturated carbocycles. The fourth-order valence-electron chi connectivity index (χ4n) is 1.27. The molecule has 1 rings (SSSR count). The second-order valence-corrected chi connectivity index (χ2v) is 7.70. The second kappa shape index (κ2) is 6.21. The van der Waals surface area contributed by atoms with Crippen LogP contribution in [0.1, 0.15) is 32.4 Å². The third-order valence-electron chi connectivity index (χ3n) is 2.32. The van der Waals surface area contributed by atoms with E-state index in [1.807, 2.05) is 0 Å². The smallest absolute Gasteiger partial charge is 0.142 e. The largest absolute Gasteiger partial charge is 0.249 e. The summed E-state index contributed by atoms with van der Waals surface area (Å²) >= 11 is 3.05. The van der Waals surface area contributed by atoms with E-state index in [4.69, 9.17) is 0 Å². The van der Waals surface area contributed by atoms with Crippen LogP contribution >= 0.6 is 15.9 Å². The van der Waals surface area contributed by atoms with Crippen LogP contribution in [0.5, 0.6) is 0 Å². The van der Waals surface area contributed by atoms with Gasteiger partial charge in [-0.3, -0.25) is 0 Å². The summed E-state index contributed by atoms with van der Waals surface area (Å²) in [5, 5.41) is 0. The normalized spacial score (nSPS) is 15.4. The minimum absolute atomic E-state index is 0.171. The van der Waals surface area contributed by atoms with Crippen molar-refractivity contribution in [1.82, 2.24) is 4.72 Å². The van der Waals surface area contributed by atoms with Crippen molar-refractivity contribution in [1.29, 1.82) is 0 Å². The molecule has 2 nitrogen and oxygen atoms in total. The van der Waals surface area contributed by atoms with E-state index in [2.05, 4.69) is 20.7 Å². The molecule has 1 N–H and O–H groups in total. The Morgan fingerprint density at radius 2 is 2.06 bits per heavy atom. The Balaban J connectivity index is 2.97. The van der Waals surface area contributed by atoms with Gasteiger partial charge in [0.25, 0.3) is 0 Å². The number of halogens is 3. The van der Waals surface area contributed by atoms with Crippen molar-refractivity contribution in [2.24, 2.45) is 0 Å². The van der Waals surface area contributed by atoms with Gasteiger partial charge in [0.05, 0.1) is 26.2 Å². The Morgan fingerprint density at radius 3 is 2.56 bits per heavy atom. The maximum atomic E-state index is 13.8. The molecule has 0 fully saturated rings. The average Bonchev–Trinajstić information content (AvgIpc) is 2.28. The molecule has 1 unspecified atom stereocenters. The zero-order valence-corrected chi connectivity index (χ0v) is 12.9. The van der Waals surface area contributed by atoms with Crippen LogP contribution in [0.15, 0.2) is 22.7 Å². The summed E-state index contributed by atoms with van der Waals surface area (Å²) in [5.74, 6) is -0.529. The first kappa shape index (κ1) is 15.7. The van der Waals surface area contributed by atoms with Gasteiger partial charge in [-0.05, 0) is 42.8 Å². The van der Waals surface area contributed by atoms with Crippen molar-refractivity contribution in [3.05, 3.63) is 34.1 Å². The maximum absolute atomic E-state index is 13.8. The van der Waals surface area contributed by atoms with Gasteiger partial charge in [-0.15, -0.1) is 0 Å². The monoisotopic (exact) mass is 339 g/mol. The molecule has 0 aliphatic carbocycles. The quantitative estimate of drug-likeness (QED) is 0.891. The third-order valence-corrected chi connectivity index (χ3v) is 4.54. The summed E-state index contributed by atoms with van der Waals surface area (Å²) in [6.45, 7) is 4.48. The number of alkyl halides is 1. The second-order valence-electron chi connectivity index (χ2n) is 4.85. The van der Waals surface area contributed by atoms with Crippen LogP contribution in [0.3, 0.4) is 0 Å². The van der Waals surface area contributed by atoms with Gasteiger partial charge < -0.3 is 0 Å². The Kier molecular flexibility index (Phi) is 5.43. The third kappa shape index (κ3) is 3.83. The molecule has 0 amide bonds. The van der Waals surface area contributed by atoms with Crippen LogP contribution in [-0.2, 0) is 11.0 Å². The van der Waals surface area contributed by atoms with E-state index >= 15 is 0 Å². The number of benzene rings is 1. The van der Waals surface area contributed by atoms with Crippen molar-refractivity contribution >= 4 is 26.9 Å². The van der Waals surface area contributed by atoms with E-state index in [0.29, 0.717) is 0 Å². The lowest BCUT2D eigenvalue weighted by molar-refractivity contribution is 0.407. The Bertz CT molecular complexity index is 448. The van der Waals surface area contributed by atoms with Crippen LogP contribution in [0.25, 0.3) is 0 Å². The number of rotatable bonds is 4. The minimum Gasteiger partial charge on any atom is -0.249 e. The van der Waals surface area contributed by atoms with E-state index < -0.39 is 34.3 Å². The van der Waals surface area contributed by atoms with Gasteiger partial charge in [0.1, 0.15) is 12.5 Å². The number of nitrogens with one attached hydrogen (secondary N) is 1. The lowest BCUT2D eigenvalue weighted by Gasteiger charge is -2.23. The van der Waals surface area contributed by atoms with Gasteiger partial charge >= 0.3 is 0 Å².